The molecular weight excluding hydrogens is 424 g/mol. The van der Waals surface area contributed by atoms with Crippen LogP contribution in [0.25, 0.3) is 10.8 Å². The molecule has 3 heterocycles. The van der Waals surface area contributed by atoms with Gasteiger partial charge in [-0.15, -0.1) is 11.3 Å². The quantitative estimate of drug-likeness (QED) is 0.623. The molecule has 5 rings (SSSR count). The second kappa shape index (κ2) is 8.03. The number of urea groups is 1. The molecule has 1 N–H and O–H groups in total. The van der Waals surface area contributed by atoms with Gasteiger partial charge in [0.25, 0.3) is 11.8 Å². The molecular formula is C24H24N4O3S. The second-order valence-electron chi connectivity index (χ2n) is 8.38. The van der Waals surface area contributed by atoms with Crippen molar-refractivity contribution in [3.8, 4) is 0 Å². The van der Waals surface area contributed by atoms with Gasteiger partial charge in [0.15, 0.2) is 0 Å². The molecule has 0 spiro atoms. The number of amides is 4. The Hall–Kier alpha value is -3.23. The lowest BCUT2D eigenvalue weighted by atomic mass is 9.90. The Kier molecular flexibility index (Phi) is 5.19. The van der Waals surface area contributed by atoms with Crippen LogP contribution in [-0.2, 0) is 10.3 Å². The zero-order valence-corrected chi connectivity index (χ0v) is 18.6. The van der Waals surface area contributed by atoms with Gasteiger partial charge in [-0.25, -0.2) is 9.69 Å². The van der Waals surface area contributed by atoms with E-state index in [1.807, 2.05) is 69.8 Å². The number of rotatable bonds is 4. The molecule has 4 amide bonds. The lowest BCUT2D eigenvalue weighted by Crippen LogP contribution is -2.52. The van der Waals surface area contributed by atoms with Crippen LogP contribution in [0.4, 0.5) is 4.79 Å². The number of hydrogen-bond acceptors (Lipinski definition) is 5. The fourth-order valence-electron chi connectivity index (χ4n) is 4.37. The number of carbonyl (C=O) groups is 3. The van der Waals surface area contributed by atoms with E-state index in [2.05, 4.69) is 5.32 Å². The SMILES string of the molecule is C[C@]1(c2ccc3ccccc3c2)NC(=O)N(CN2CCN(C(=O)c3cccs3)CC2)C1=O. The van der Waals surface area contributed by atoms with Crippen molar-refractivity contribution in [3.63, 3.8) is 0 Å². The Morgan fingerprint density at radius 2 is 1.75 bits per heavy atom. The molecule has 164 valence electrons. The van der Waals surface area contributed by atoms with Gasteiger partial charge in [0.1, 0.15) is 5.54 Å². The molecule has 1 aromatic heterocycles. The van der Waals surface area contributed by atoms with E-state index >= 15 is 0 Å². The third-order valence-electron chi connectivity index (χ3n) is 6.33. The molecule has 2 saturated heterocycles. The van der Waals surface area contributed by atoms with Crippen LogP contribution >= 0.6 is 11.3 Å². The first-order valence-electron chi connectivity index (χ1n) is 10.6. The fourth-order valence-corrected chi connectivity index (χ4v) is 5.06. The van der Waals surface area contributed by atoms with E-state index in [4.69, 9.17) is 0 Å². The summed E-state index contributed by atoms with van der Waals surface area (Å²) < 4.78 is 0. The molecule has 3 aromatic rings. The van der Waals surface area contributed by atoms with Crippen LogP contribution in [0.15, 0.2) is 60.0 Å². The smallest absolute Gasteiger partial charge is 0.326 e. The highest BCUT2D eigenvalue weighted by Gasteiger charge is 2.49. The van der Waals surface area contributed by atoms with Gasteiger partial charge in [0, 0.05) is 26.2 Å². The van der Waals surface area contributed by atoms with Gasteiger partial charge in [0.05, 0.1) is 11.5 Å². The minimum absolute atomic E-state index is 0.0403. The van der Waals surface area contributed by atoms with Gasteiger partial charge < -0.3 is 10.2 Å². The maximum Gasteiger partial charge on any atom is 0.326 e. The topological polar surface area (TPSA) is 73.0 Å². The van der Waals surface area contributed by atoms with Gasteiger partial charge in [-0.05, 0) is 40.8 Å². The minimum atomic E-state index is -1.10. The van der Waals surface area contributed by atoms with Crippen molar-refractivity contribution in [3.05, 3.63) is 70.4 Å². The zero-order valence-electron chi connectivity index (χ0n) is 17.8. The first-order chi connectivity index (χ1) is 15.5. The van der Waals surface area contributed by atoms with Crippen molar-refractivity contribution in [2.24, 2.45) is 0 Å². The molecule has 0 bridgehead atoms. The van der Waals surface area contributed by atoms with Crippen LogP contribution in [0.1, 0.15) is 22.2 Å². The Bertz CT molecular complexity index is 1190. The Labute approximate surface area is 190 Å². The monoisotopic (exact) mass is 448 g/mol. The molecule has 0 unspecified atom stereocenters. The van der Waals surface area contributed by atoms with Crippen LogP contribution in [0.3, 0.4) is 0 Å². The van der Waals surface area contributed by atoms with E-state index in [9.17, 15) is 14.4 Å². The molecule has 0 saturated carbocycles. The number of nitrogens with one attached hydrogen (secondary N) is 1. The van der Waals surface area contributed by atoms with E-state index in [1.54, 1.807) is 6.92 Å². The van der Waals surface area contributed by atoms with Gasteiger partial charge in [-0.1, -0.05) is 42.5 Å². The van der Waals surface area contributed by atoms with Crippen LogP contribution in [-0.4, -0.2) is 65.4 Å². The number of fused-ring (bicyclic) bond motifs is 1. The first-order valence-corrected chi connectivity index (χ1v) is 11.5. The van der Waals surface area contributed by atoms with E-state index < -0.39 is 5.54 Å². The number of thiophene rings is 1. The number of piperazine rings is 1. The molecule has 0 aliphatic carbocycles. The summed E-state index contributed by atoms with van der Waals surface area (Å²) in [7, 11) is 0. The van der Waals surface area contributed by atoms with Gasteiger partial charge in [-0.2, -0.15) is 0 Å². The van der Waals surface area contributed by atoms with Gasteiger partial charge >= 0.3 is 6.03 Å². The molecule has 2 aromatic carbocycles. The number of nitrogens with zero attached hydrogens (tertiary/aromatic N) is 3. The Morgan fingerprint density at radius 1 is 1.00 bits per heavy atom. The third kappa shape index (κ3) is 3.55. The molecule has 1 atom stereocenters. The largest absolute Gasteiger partial charge is 0.335 e. The van der Waals surface area contributed by atoms with Crippen molar-refractivity contribution in [1.29, 1.82) is 0 Å². The summed E-state index contributed by atoms with van der Waals surface area (Å²) in [6.07, 6.45) is 0. The second-order valence-corrected chi connectivity index (χ2v) is 9.33. The van der Waals surface area contributed by atoms with Crippen molar-refractivity contribution in [2.75, 3.05) is 32.8 Å². The van der Waals surface area contributed by atoms with Crippen molar-refractivity contribution in [2.45, 2.75) is 12.5 Å². The predicted octanol–water partition coefficient (Wildman–Crippen LogP) is 3.08. The Balaban J connectivity index is 1.27. The Morgan fingerprint density at radius 3 is 2.47 bits per heavy atom. The van der Waals surface area contributed by atoms with E-state index in [-0.39, 0.29) is 24.5 Å². The number of carbonyl (C=O) groups excluding carboxylic acids is 3. The molecule has 8 heteroatoms. The van der Waals surface area contributed by atoms with Crippen LogP contribution in [0.2, 0.25) is 0 Å². The molecule has 32 heavy (non-hydrogen) atoms. The summed E-state index contributed by atoms with van der Waals surface area (Å²) in [5, 5.41) is 6.90. The maximum atomic E-state index is 13.3. The standard InChI is InChI=1S/C24H24N4O3S/c1-24(19-9-8-17-5-2-3-6-18(17)15-19)22(30)28(23(31)25-24)16-26-10-12-27(13-11-26)21(29)20-7-4-14-32-20/h2-9,14-15H,10-13,16H2,1H3,(H,25,31)/t24-/m1/s1. The predicted molar refractivity (Wildman–Crippen MR) is 123 cm³/mol. The van der Waals surface area contributed by atoms with Gasteiger partial charge in [0.2, 0.25) is 0 Å². The van der Waals surface area contributed by atoms with Crippen LogP contribution < -0.4 is 5.32 Å². The molecule has 2 aliphatic rings. The number of hydrogen-bond donors (Lipinski definition) is 1. The van der Waals surface area contributed by atoms with Crippen molar-refractivity contribution in [1.82, 2.24) is 20.0 Å². The summed E-state index contributed by atoms with van der Waals surface area (Å²) in [5.74, 6) is -0.214. The highest BCUT2D eigenvalue weighted by atomic mass is 32.1. The normalized spacial score (nSPS) is 21.9. The molecule has 7 nitrogen and oxygen atoms in total. The summed E-state index contributed by atoms with van der Waals surface area (Å²) in [5.41, 5.74) is -0.332. The van der Waals surface area contributed by atoms with Crippen LogP contribution in [0.5, 0.6) is 0 Å². The lowest BCUT2D eigenvalue weighted by Gasteiger charge is -2.35. The third-order valence-corrected chi connectivity index (χ3v) is 7.19. The average Bonchev–Trinajstić information content (AvgIpc) is 3.43. The zero-order chi connectivity index (χ0) is 22.3. The van der Waals surface area contributed by atoms with Crippen molar-refractivity contribution < 1.29 is 14.4 Å². The van der Waals surface area contributed by atoms with Crippen molar-refractivity contribution >= 4 is 40.0 Å². The number of benzene rings is 2. The highest BCUT2D eigenvalue weighted by molar-refractivity contribution is 7.12. The molecule has 0 radical (unpaired) electrons. The van der Waals surface area contributed by atoms with Crippen LogP contribution in [0, 0.1) is 0 Å². The minimum Gasteiger partial charge on any atom is -0.335 e. The highest BCUT2D eigenvalue weighted by Crippen LogP contribution is 2.31. The summed E-state index contributed by atoms with van der Waals surface area (Å²) in [6.45, 7) is 4.34. The van der Waals surface area contributed by atoms with E-state index in [0.29, 0.717) is 26.2 Å². The summed E-state index contributed by atoms with van der Waals surface area (Å²) in [4.78, 5) is 44.5. The first kappa shape index (κ1) is 20.7. The molecule has 2 fully saturated rings. The average molecular weight is 449 g/mol. The maximum absolute atomic E-state index is 13.3. The molecule has 2 aliphatic heterocycles. The lowest BCUT2D eigenvalue weighted by molar-refractivity contribution is -0.132. The number of imide groups is 1. The van der Waals surface area contributed by atoms with E-state index in [1.165, 1.54) is 16.2 Å². The summed E-state index contributed by atoms with van der Waals surface area (Å²) in [6, 6.07) is 17.1. The van der Waals surface area contributed by atoms with E-state index in [0.717, 1.165) is 21.2 Å². The fraction of sp³-hybridized carbons (Fsp3) is 0.292. The summed E-state index contributed by atoms with van der Waals surface area (Å²) >= 11 is 1.44. The van der Waals surface area contributed by atoms with Gasteiger partial charge in [-0.3, -0.25) is 14.5 Å².